The van der Waals surface area contributed by atoms with Crippen molar-refractivity contribution in [3.8, 4) is 0 Å². The average Bonchev–Trinajstić information content (AvgIpc) is 3.22. The number of nitrogens with zero attached hydrogens (tertiary/aromatic N) is 3. The molecule has 0 aromatic carbocycles. The lowest BCUT2D eigenvalue weighted by molar-refractivity contribution is -0.0667. The zero-order chi connectivity index (χ0) is 16.7. The first-order valence-electron chi connectivity index (χ1n) is 9.12. The van der Waals surface area contributed by atoms with Crippen LogP contribution in [-0.4, -0.2) is 31.6 Å². The van der Waals surface area contributed by atoms with Gasteiger partial charge in [-0.1, -0.05) is 13.3 Å². The predicted octanol–water partition coefficient (Wildman–Crippen LogP) is 3.45. The number of rotatable bonds is 5. The third kappa shape index (κ3) is 2.83. The fraction of sp³-hybridized carbons (Fsp3) is 0.632. The van der Waals surface area contributed by atoms with Crippen molar-refractivity contribution in [2.45, 2.75) is 69.7 Å². The van der Waals surface area contributed by atoms with Gasteiger partial charge in [-0.15, -0.1) is 11.3 Å². The SMILES string of the molecule is CCCc1ccc(CN2[C@@H]3CC[C@@H]2CC(O)(c2nccn2C)C3)s1. The van der Waals surface area contributed by atoms with Gasteiger partial charge in [0.2, 0.25) is 0 Å². The van der Waals surface area contributed by atoms with Crippen molar-refractivity contribution in [2.75, 3.05) is 0 Å². The number of aromatic nitrogens is 2. The molecule has 0 saturated carbocycles. The van der Waals surface area contributed by atoms with Crippen molar-refractivity contribution in [1.29, 1.82) is 0 Å². The van der Waals surface area contributed by atoms with E-state index in [1.807, 2.05) is 29.1 Å². The molecular weight excluding hydrogens is 318 g/mol. The zero-order valence-corrected chi connectivity index (χ0v) is 15.4. The number of aryl methyl sites for hydroxylation is 2. The Bertz CT molecular complexity index is 693. The summed E-state index contributed by atoms with van der Waals surface area (Å²) in [4.78, 5) is 10.0. The monoisotopic (exact) mass is 345 g/mol. The van der Waals surface area contributed by atoms with Crippen molar-refractivity contribution in [2.24, 2.45) is 7.05 Å². The van der Waals surface area contributed by atoms with Gasteiger partial charge < -0.3 is 9.67 Å². The lowest BCUT2D eigenvalue weighted by atomic mass is 9.85. The van der Waals surface area contributed by atoms with E-state index in [-0.39, 0.29) is 0 Å². The van der Waals surface area contributed by atoms with Crippen LogP contribution < -0.4 is 0 Å². The van der Waals surface area contributed by atoms with Gasteiger partial charge in [0, 0.05) is 47.8 Å². The second-order valence-electron chi connectivity index (χ2n) is 7.48. The van der Waals surface area contributed by atoms with Crippen LogP contribution in [0.25, 0.3) is 0 Å². The number of fused-ring (bicyclic) bond motifs is 2. The molecule has 0 aliphatic carbocycles. The van der Waals surface area contributed by atoms with E-state index in [0.717, 1.165) is 25.2 Å². The maximum Gasteiger partial charge on any atom is 0.140 e. The number of piperidine rings is 1. The van der Waals surface area contributed by atoms with Crippen molar-refractivity contribution in [3.63, 3.8) is 0 Å². The van der Waals surface area contributed by atoms with Gasteiger partial charge >= 0.3 is 0 Å². The molecule has 0 spiro atoms. The largest absolute Gasteiger partial charge is 0.382 e. The molecule has 24 heavy (non-hydrogen) atoms. The summed E-state index contributed by atoms with van der Waals surface area (Å²) in [5.74, 6) is 0.834. The van der Waals surface area contributed by atoms with Crippen molar-refractivity contribution in [1.82, 2.24) is 14.5 Å². The molecule has 1 N–H and O–H groups in total. The molecule has 2 aromatic rings. The third-order valence-electron chi connectivity index (χ3n) is 5.71. The normalized spacial score (nSPS) is 30.1. The second kappa shape index (κ2) is 6.28. The molecule has 2 bridgehead atoms. The van der Waals surface area contributed by atoms with Crippen molar-refractivity contribution >= 4 is 11.3 Å². The number of hydrogen-bond acceptors (Lipinski definition) is 4. The molecule has 4 nitrogen and oxygen atoms in total. The van der Waals surface area contributed by atoms with Gasteiger partial charge in [-0.25, -0.2) is 4.98 Å². The van der Waals surface area contributed by atoms with Crippen LogP contribution in [0.3, 0.4) is 0 Å². The summed E-state index contributed by atoms with van der Waals surface area (Å²) >= 11 is 1.96. The van der Waals surface area contributed by atoms with E-state index in [2.05, 4.69) is 28.9 Å². The standard InChI is InChI=1S/C19H27N3OS/c1-3-4-16-7-8-17(24-16)13-22-14-5-6-15(22)12-19(23,11-14)18-20-9-10-21(18)2/h7-10,14-15,23H,3-6,11-13H2,1-2H3/t14-,15-/m1/s1. The summed E-state index contributed by atoms with van der Waals surface area (Å²) in [5.41, 5.74) is -0.761. The smallest absolute Gasteiger partial charge is 0.140 e. The van der Waals surface area contributed by atoms with Crippen LogP contribution in [-0.2, 0) is 25.6 Å². The zero-order valence-electron chi connectivity index (χ0n) is 14.6. The number of aliphatic hydroxyl groups is 1. The minimum Gasteiger partial charge on any atom is -0.382 e. The summed E-state index contributed by atoms with van der Waals surface area (Å²) in [5, 5.41) is 11.2. The third-order valence-corrected chi connectivity index (χ3v) is 6.84. The van der Waals surface area contributed by atoms with Crippen LogP contribution in [0.5, 0.6) is 0 Å². The first kappa shape index (κ1) is 16.3. The minimum atomic E-state index is -0.761. The van der Waals surface area contributed by atoms with E-state index < -0.39 is 5.60 Å². The lowest BCUT2D eigenvalue weighted by Gasteiger charge is -2.43. The molecule has 2 atom stereocenters. The molecule has 5 heteroatoms. The lowest BCUT2D eigenvalue weighted by Crippen LogP contribution is -2.49. The van der Waals surface area contributed by atoms with Crippen LogP contribution in [0.2, 0.25) is 0 Å². The van der Waals surface area contributed by atoms with Crippen LogP contribution in [0.15, 0.2) is 24.5 Å². The fourth-order valence-electron chi connectivity index (χ4n) is 4.64. The summed E-state index contributed by atoms with van der Waals surface area (Å²) < 4.78 is 1.98. The van der Waals surface area contributed by atoms with Crippen LogP contribution in [0.1, 0.15) is 54.6 Å². The van der Waals surface area contributed by atoms with Crippen molar-refractivity contribution < 1.29 is 5.11 Å². The van der Waals surface area contributed by atoms with E-state index >= 15 is 0 Å². The van der Waals surface area contributed by atoms with Crippen LogP contribution in [0, 0.1) is 0 Å². The molecule has 0 unspecified atom stereocenters. The highest BCUT2D eigenvalue weighted by atomic mass is 32.1. The Morgan fingerprint density at radius 2 is 1.96 bits per heavy atom. The number of imidazole rings is 1. The van der Waals surface area contributed by atoms with Gasteiger partial charge in [0.25, 0.3) is 0 Å². The summed E-state index contributed by atoms with van der Waals surface area (Å²) in [6, 6.07) is 5.54. The first-order valence-corrected chi connectivity index (χ1v) is 9.94. The van der Waals surface area contributed by atoms with E-state index in [4.69, 9.17) is 0 Å². The highest BCUT2D eigenvalue weighted by Crippen LogP contribution is 2.46. The Kier molecular flexibility index (Phi) is 4.27. The molecule has 2 aromatic heterocycles. The average molecular weight is 346 g/mol. The Morgan fingerprint density at radius 3 is 2.58 bits per heavy atom. The topological polar surface area (TPSA) is 41.3 Å². The van der Waals surface area contributed by atoms with Gasteiger partial charge in [-0.05, 0) is 44.2 Å². The summed E-state index contributed by atoms with van der Waals surface area (Å²) in [7, 11) is 1.98. The highest BCUT2D eigenvalue weighted by Gasteiger charge is 2.49. The predicted molar refractivity (Wildman–Crippen MR) is 97.0 cm³/mol. The van der Waals surface area contributed by atoms with Crippen molar-refractivity contribution in [3.05, 3.63) is 40.1 Å². The molecule has 2 saturated heterocycles. The fourth-order valence-corrected chi connectivity index (χ4v) is 5.77. The minimum absolute atomic E-state index is 0.474. The molecule has 2 fully saturated rings. The van der Waals surface area contributed by atoms with E-state index in [1.165, 1.54) is 35.4 Å². The highest BCUT2D eigenvalue weighted by molar-refractivity contribution is 7.11. The Balaban J connectivity index is 1.49. The molecule has 0 radical (unpaired) electrons. The Labute approximate surface area is 148 Å². The molecule has 4 heterocycles. The van der Waals surface area contributed by atoms with Gasteiger partial charge in [0.1, 0.15) is 11.4 Å². The molecule has 130 valence electrons. The number of thiophene rings is 1. The molecule has 4 rings (SSSR count). The van der Waals surface area contributed by atoms with E-state index in [1.54, 1.807) is 6.20 Å². The Morgan fingerprint density at radius 1 is 1.25 bits per heavy atom. The van der Waals surface area contributed by atoms with Crippen LogP contribution >= 0.6 is 11.3 Å². The van der Waals surface area contributed by atoms with Gasteiger partial charge in [0.05, 0.1) is 0 Å². The second-order valence-corrected chi connectivity index (χ2v) is 8.73. The van der Waals surface area contributed by atoms with E-state index in [9.17, 15) is 5.11 Å². The molecule has 2 aliphatic rings. The van der Waals surface area contributed by atoms with Gasteiger partial charge in [-0.2, -0.15) is 0 Å². The first-order chi connectivity index (χ1) is 11.6. The summed E-state index contributed by atoms with van der Waals surface area (Å²) in [6.07, 6.45) is 10.1. The molecule has 2 aliphatic heterocycles. The van der Waals surface area contributed by atoms with Gasteiger partial charge in [0.15, 0.2) is 0 Å². The molecular formula is C19H27N3OS. The number of hydrogen-bond donors (Lipinski definition) is 1. The maximum absolute atomic E-state index is 11.2. The Hall–Kier alpha value is -1.17. The summed E-state index contributed by atoms with van der Waals surface area (Å²) in [6.45, 7) is 3.28. The van der Waals surface area contributed by atoms with Gasteiger partial charge in [-0.3, -0.25) is 4.90 Å². The van der Waals surface area contributed by atoms with E-state index in [0.29, 0.717) is 12.1 Å². The molecule has 0 amide bonds. The van der Waals surface area contributed by atoms with Crippen LogP contribution in [0.4, 0.5) is 0 Å². The maximum atomic E-state index is 11.2. The quantitative estimate of drug-likeness (QED) is 0.902.